The maximum absolute atomic E-state index is 8.50. The number of rotatable bonds is 5. The van der Waals surface area contributed by atoms with E-state index in [1.54, 1.807) is 0 Å². The van der Waals surface area contributed by atoms with E-state index in [1.807, 2.05) is 0 Å². The van der Waals surface area contributed by atoms with Crippen molar-refractivity contribution in [2.75, 3.05) is 19.8 Å². The van der Waals surface area contributed by atoms with Crippen molar-refractivity contribution in [3.05, 3.63) is 21.8 Å². The number of aliphatic hydroxyl groups is 1. The summed E-state index contributed by atoms with van der Waals surface area (Å²) in [5.41, 5.74) is 0. The summed E-state index contributed by atoms with van der Waals surface area (Å²) >= 11 is 2.32. The zero-order chi connectivity index (χ0) is 8.81. The Kier molecular flexibility index (Phi) is 4.87. The zero-order valence-electron chi connectivity index (χ0n) is 6.87. The molecule has 0 radical (unpaired) electrons. The lowest BCUT2D eigenvalue weighted by atomic mass is 10.2. The van der Waals surface area contributed by atoms with Crippen LogP contribution in [0.2, 0.25) is 0 Å². The van der Waals surface area contributed by atoms with Gasteiger partial charge in [0.1, 0.15) is 0 Å². The molecular formula is C9H13IO2. The number of hydrogen-bond acceptors (Lipinski definition) is 2. The Morgan fingerprint density at radius 1 is 1.58 bits per heavy atom. The standard InChI is InChI=1S/C9H13IO2/c10-9-4-1-3-8(9)7-12-6-2-5-11/h1,3-4,8,11H,2,5-7H2. The van der Waals surface area contributed by atoms with E-state index in [9.17, 15) is 0 Å². The summed E-state index contributed by atoms with van der Waals surface area (Å²) in [7, 11) is 0. The van der Waals surface area contributed by atoms with E-state index in [4.69, 9.17) is 9.84 Å². The lowest BCUT2D eigenvalue weighted by molar-refractivity contribution is 0.107. The molecule has 1 rings (SSSR count). The van der Waals surface area contributed by atoms with Crippen molar-refractivity contribution >= 4 is 22.6 Å². The van der Waals surface area contributed by atoms with Gasteiger partial charge in [-0.2, -0.15) is 0 Å². The highest BCUT2D eigenvalue weighted by atomic mass is 127. The SMILES string of the molecule is OCCCOCC1C=CC=C1I. The molecule has 1 atom stereocenters. The van der Waals surface area contributed by atoms with Gasteiger partial charge in [0.15, 0.2) is 0 Å². The van der Waals surface area contributed by atoms with E-state index < -0.39 is 0 Å². The molecule has 0 bridgehead atoms. The van der Waals surface area contributed by atoms with Crippen LogP contribution >= 0.6 is 22.6 Å². The van der Waals surface area contributed by atoms with Crippen molar-refractivity contribution in [2.24, 2.45) is 5.92 Å². The number of allylic oxidation sites excluding steroid dienone is 2. The lowest BCUT2D eigenvalue weighted by Gasteiger charge is -2.08. The van der Waals surface area contributed by atoms with Gasteiger partial charge in [0.05, 0.1) is 6.61 Å². The number of hydrogen-bond donors (Lipinski definition) is 1. The van der Waals surface area contributed by atoms with Crippen LogP contribution < -0.4 is 0 Å². The molecule has 0 saturated heterocycles. The van der Waals surface area contributed by atoms with Gasteiger partial charge in [-0.3, -0.25) is 0 Å². The van der Waals surface area contributed by atoms with Gasteiger partial charge in [-0.15, -0.1) is 0 Å². The van der Waals surface area contributed by atoms with E-state index in [1.165, 1.54) is 3.58 Å². The third-order valence-corrected chi connectivity index (χ3v) is 2.86. The molecule has 1 aliphatic rings. The maximum atomic E-state index is 8.50. The molecule has 3 heteroatoms. The predicted octanol–water partition coefficient (Wildman–Crippen LogP) is 1.89. The molecule has 0 saturated carbocycles. The van der Waals surface area contributed by atoms with Crippen molar-refractivity contribution < 1.29 is 9.84 Å². The highest BCUT2D eigenvalue weighted by Gasteiger charge is 2.11. The Labute approximate surface area is 86.4 Å². The van der Waals surface area contributed by atoms with E-state index in [2.05, 4.69) is 40.8 Å². The molecule has 0 spiro atoms. The molecule has 0 aromatic heterocycles. The molecule has 0 amide bonds. The van der Waals surface area contributed by atoms with Gasteiger partial charge >= 0.3 is 0 Å². The summed E-state index contributed by atoms with van der Waals surface area (Å²) in [4.78, 5) is 0. The van der Waals surface area contributed by atoms with Gasteiger partial charge in [-0.1, -0.05) is 18.2 Å². The Bertz CT molecular complexity index is 187. The van der Waals surface area contributed by atoms with Gasteiger partial charge in [0.2, 0.25) is 0 Å². The smallest absolute Gasteiger partial charge is 0.0574 e. The minimum Gasteiger partial charge on any atom is -0.396 e. The second-order valence-corrected chi connectivity index (χ2v) is 3.94. The quantitative estimate of drug-likeness (QED) is 0.615. The van der Waals surface area contributed by atoms with Crippen molar-refractivity contribution in [3.8, 4) is 0 Å². The van der Waals surface area contributed by atoms with Gasteiger partial charge in [-0.25, -0.2) is 0 Å². The van der Waals surface area contributed by atoms with Crippen LogP contribution in [0.4, 0.5) is 0 Å². The molecule has 0 aromatic carbocycles. The Morgan fingerprint density at radius 2 is 2.42 bits per heavy atom. The van der Waals surface area contributed by atoms with Crippen LogP contribution in [-0.2, 0) is 4.74 Å². The zero-order valence-corrected chi connectivity index (χ0v) is 9.03. The fourth-order valence-electron chi connectivity index (χ4n) is 1.01. The van der Waals surface area contributed by atoms with E-state index >= 15 is 0 Å². The fourth-order valence-corrected chi connectivity index (χ4v) is 1.60. The van der Waals surface area contributed by atoms with Crippen LogP contribution in [0.15, 0.2) is 21.8 Å². The Morgan fingerprint density at radius 3 is 3.00 bits per heavy atom. The highest BCUT2D eigenvalue weighted by Crippen LogP contribution is 2.25. The summed E-state index contributed by atoms with van der Waals surface area (Å²) in [5, 5.41) is 8.50. The van der Waals surface area contributed by atoms with Crippen molar-refractivity contribution in [3.63, 3.8) is 0 Å². The molecule has 1 aliphatic carbocycles. The predicted molar refractivity (Wildman–Crippen MR) is 57.3 cm³/mol. The van der Waals surface area contributed by atoms with Crippen LogP contribution in [-0.4, -0.2) is 24.9 Å². The van der Waals surface area contributed by atoms with Gasteiger partial charge in [-0.05, 0) is 32.6 Å². The molecule has 12 heavy (non-hydrogen) atoms. The monoisotopic (exact) mass is 280 g/mol. The molecule has 1 unspecified atom stereocenters. The van der Waals surface area contributed by atoms with Crippen LogP contribution in [0.25, 0.3) is 0 Å². The second kappa shape index (κ2) is 5.72. The average molecular weight is 280 g/mol. The van der Waals surface area contributed by atoms with Gasteiger partial charge in [0.25, 0.3) is 0 Å². The maximum Gasteiger partial charge on any atom is 0.0574 e. The van der Waals surface area contributed by atoms with Gasteiger partial charge < -0.3 is 9.84 Å². The summed E-state index contributed by atoms with van der Waals surface area (Å²) in [6.07, 6.45) is 7.03. The van der Waals surface area contributed by atoms with E-state index in [0.29, 0.717) is 12.5 Å². The molecule has 1 N–H and O–H groups in total. The number of ether oxygens (including phenoxy) is 1. The molecule has 0 aromatic rings. The normalized spacial score (nSPS) is 21.5. The lowest BCUT2D eigenvalue weighted by Crippen LogP contribution is -2.07. The number of aliphatic hydroxyl groups excluding tert-OH is 1. The molecular weight excluding hydrogens is 267 g/mol. The van der Waals surface area contributed by atoms with Crippen molar-refractivity contribution in [1.29, 1.82) is 0 Å². The third kappa shape index (κ3) is 3.25. The van der Waals surface area contributed by atoms with E-state index in [0.717, 1.165) is 13.0 Å². The van der Waals surface area contributed by atoms with Crippen molar-refractivity contribution in [2.45, 2.75) is 6.42 Å². The topological polar surface area (TPSA) is 29.5 Å². The first-order valence-electron chi connectivity index (χ1n) is 4.07. The Hall–Kier alpha value is 0.130. The summed E-state index contributed by atoms with van der Waals surface area (Å²) in [5.74, 6) is 0.448. The first-order chi connectivity index (χ1) is 5.84. The second-order valence-electron chi connectivity index (χ2n) is 2.70. The molecule has 2 nitrogen and oxygen atoms in total. The summed E-state index contributed by atoms with van der Waals surface area (Å²) in [6.45, 7) is 1.61. The molecule has 0 heterocycles. The first-order valence-corrected chi connectivity index (χ1v) is 5.15. The molecule has 68 valence electrons. The number of halogens is 1. The van der Waals surface area contributed by atoms with E-state index in [-0.39, 0.29) is 6.61 Å². The summed E-state index contributed by atoms with van der Waals surface area (Å²) < 4.78 is 6.70. The fraction of sp³-hybridized carbons (Fsp3) is 0.556. The van der Waals surface area contributed by atoms with Crippen LogP contribution in [0.1, 0.15) is 6.42 Å². The van der Waals surface area contributed by atoms with Gasteiger partial charge in [0, 0.05) is 19.1 Å². The highest BCUT2D eigenvalue weighted by molar-refractivity contribution is 14.1. The van der Waals surface area contributed by atoms with Crippen LogP contribution in [0.3, 0.4) is 0 Å². The van der Waals surface area contributed by atoms with Crippen LogP contribution in [0, 0.1) is 5.92 Å². The minimum atomic E-state index is 0.216. The molecule has 0 aliphatic heterocycles. The van der Waals surface area contributed by atoms with Crippen molar-refractivity contribution in [1.82, 2.24) is 0 Å². The first kappa shape index (κ1) is 10.2. The van der Waals surface area contributed by atoms with Crippen LogP contribution in [0.5, 0.6) is 0 Å². The molecule has 0 fully saturated rings. The largest absolute Gasteiger partial charge is 0.396 e. The third-order valence-electron chi connectivity index (χ3n) is 1.70. The summed E-state index contributed by atoms with van der Waals surface area (Å²) in [6, 6.07) is 0. The minimum absolute atomic E-state index is 0.216. The Balaban J connectivity index is 2.08. The average Bonchev–Trinajstić information content (AvgIpc) is 2.46.